The molecule has 0 aromatic rings. The summed E-state index contributed by atoms with van der Waals surface area (Å²) in [6.07, 6.45) is -0.0633. The summed E-state index contributed by atoms with van der Waals surface area (Å²) in [4.78, 5) is 25.1. The normalized spacial score (nSPS) is 24.5. The Balaban J connectivity index is 1.46. The Kier molecular flexibility index (Phi) is 9.16. The molecule has 13 heteroatoms. The lowest BCUT2D eigenvalue weighted by Gasteiger charge is -2.17. The van der Waals surface area contributed by atoms with Crippen LogP contribution in [-0.4, -0.2) is 103 Å². The summed E-state index contributed by atoms with van der Waals surface area (Å²) in [5, 5.41) is 5.15. The van der Waals surface area contributed by atoms with Gasteiger partial charge < -0.3 is 20.1 Å². The molecule has 0 saturated carbocycles. The predicted octanol–water partition coefficient (Wildman–Crippen LogP) is -0.760. The van der Waals surface area contributed by atoms with Crippen molar-refractivity contribution in [2.24, 2.45) is 11.8 Å². The number of hydrogen-bond donors (Lipinski definition) is 2. The smallest absolute Gasteiger partial charge is 0.407 e. The van der Waals surface area contributed by atoms with Crippen molar-refractivity contribution in [3.05, 3.63) is 0 Å². The highest BCUT2D eigenvalue weighted by Crippen LogP contribution is 2.18. The number of likely N-dealkylation sites (N-methyl/N-ethyl adjacent to an activating group) is 1. The van der Waals surface area contributed by atoms with Crippen LogP contribution in [-0.2, 0) is 29.1 Å². The average molecular weight is 470 g/mol. The van der Waals surface area contributed by atoms with Crippen LogP contribution in [0.5, 0.6) is 0 Å². The van der Waals surface area contributed by atoms with E-state index in [4.69, 9.17) is 9.47 Å². The number of amides is 2. The molecule has 2 rings (SSSR count). The van der Waals surface area contributed by atoms with Crippen LogP contribution in [0.25, 0.3) is 0 Å². The minimum atomic E-state index is -2.96. The molecule has 0 radical (unpaired) electrons. The van der Waals surface area contributed by atoms with Crippen molar-refractivity contribution in [1.82, 2.24) is 15.5 Å². The van der Waals surface area contributed by atoms with Gasteiger partial charge in [0.2, 0.25) is 0 Å². The molecule has 0 aromatic carbocycles. The number of nitrogens with zero attached hydrogens (tertiary/aromatic N) is 1. The van der Waals surface area contributed by atoms with Gasteiger partial charge in [-0.2, -0.15) is 0 Å². The summed E-state index contributed by atoms with van der Waals surface area (Å²) in [6.45, 7) is 1.74. The fourth-order valence-corrected chi connectivity index (χ4v) is 7.05. The molecule has 2 amide bonds. The lowest BCUT2D eigenvalue weighted by Crippen LogP contribution is -2.34. The molecule has 11 nitrogen and oxygen atoms in total. The quantitative estimate of drug-likeness (QED) is 0.421. The monoisotopic (exact) mass is 469 g/mol. The average Bonchev–Trinajstić information content (AvgIpc) is 3.19. The van der Waals surface area contributed by atoms with Gasteiger partial charge in [-0.1, -0.05) is 0 Å². The van der Waals surface area contributed by atoms with Crippen LogP contribution in [0.15, 0.2) is 0 Å². The summed E-state index contributed by atoms with van der Waals surface area (Å²) in [6, 6.07) is 0. The first kappa shape index (κ1) is 24.7. The number of alkyl carbamates (subject to hydrolysis) is 2. The molecular formula is C17H31N3O8S2. The fourth-order valence-electron chi connectivity index (χ4n) is 3.32. The molecular weight excluding hydrogens is 438 g/mol. The van der Waals surface area contributed by atoms with Crippen LogP contribution in [0.1, 0.15) is 12.8 Å². The van der Waals surface area contributed by atoms with Gasteiger partial charge in [-0.05, 0) is 31.7 Å². The first-order valence-electron chi connectivity index (χ1n) is 9.95. The number of carbonyl (C=O) groups excluding carboxylic acids is 2. The van der Waals surface area contributed by atoms with E-state index in [0.29, 0.717) is 25.9 Å². The Morgan fingerprint density at radius 2 is 1.23 bits per heavy atom. The van der Waals surface area contributed by atoms with Crippen LogP contribution in [0.4, 0.5) is 9.59 Å². The first-order chi connectivity index (χ1) is 14.0. The van der Waals surface area contributed by atoms with E-state index >= 15 is 0 Å². The van der Waals surface area contributed by atoms with Crippen molar-refractivity contribution >= 4 is 31.9 Å². The minimum absolute atomic E-state index is 0.0633. The van der Waals surface area contributed by atoms with Gasteiger partial charge in [0.1, 0.15) is 13.2 Å². The van der Waals surface area contributed by atoms with Crippen LogP contribution in [0.3, 0.4) is 0 Å². The number of rotatable bonds is 10. The molecule has 2 fully saturated rings. The topological polar surface area (TPSA) is 148 Å². The second-order valence-corrected chi connectivity index (χ2v) is 12.3. The molecule has 30 heavy (non-hydrogen) atoms. The van der Waals surface area contributed by atoms with Crippen molar-refractivity contribution in [3.63, 3.8) is 0 Å². The lowest BCUT2D eigenvalue weighted by atomic mass is 10.1. The predicted molar refractivity (Wildman–Crippen MR) is 110 cm³/mol. The van der Waals surface area contributed by atoms with Gasteiger partial charge in [-0.15, -0.1) is 0 Å². The number of nitrogens with one attached hydrogen (secondary N) is 2. The maximum atomic E-state index is 11.7. The minimum Gasteiger partial charge on any atom is -0.448 e. The van der Waals surface area contributed by atoms with E-state index in [-0.39, 0.29) is 61.2 Å². The zero-order chi connectivity index (χ0) is 22.2. The molecule has 2 heterocycles. The molecule has 2 aliphatic heterocycles. The van der Waals surface area contributed by atoms with E-state index in [9.17, 15) is 26.4 Å². The van der Waals surface area contributed by atoms with Gasteiger partial charge >= 0.3 is 12.2 Å². The maximum Gasteiger partial charge on any atom is 0.407 e. The second-order valence-electron chi connectivity index (χ2n) is 7.88. The van der Waals surface area contributed by atoms with Gasteiger partial charge in [-0.25, -0.2) is 26.4 Å². The van der Waals surface area contributed by atoms with Crippen molar-refractivity contribution in [2.75, 3.05) is 69.5 Å². The molecule has 2 aliphatic rings. The SMILES string of the molecule is CN(CCOC(=O)NCC1CCS(=O)(=O)C1)CCOC(=O)NCC1CCS(=O)(=O)C1. The molecule has 0 spiro atoms. The third kappa shape index (κ3) is 9.47. The number of ether oxygens (including phenoxy) is 2. The highest BCUT2D eigenvalue weighted by molar-refractivity contribution is 7.91. The van der Waals surface area contributed by atoms with E-state index in [0.717, 1.165) is 0 Å². The van der Waals surface area contributed by atoms with E-state index in [2.05, 4.69) is 10.6 Å². The van der Waals surface area contributed by atoms with Gasteiger partial charge in [0, 0.05) is 26.2 Å². The fraction of sp³-hybridized carbons (Fsp3) is 0.882. The Labute approximate surface area is 177 Å². The van der Waals surface area contributed by atoms with Crippen molar-refractivity contribution in [1.29, 1.82) is 0 Å². The molecule has 174 valence electrons. The van der Waals surface area contributed by atoms with Crippen molar-refractivity contribution in [3.8, 4) is 0 Å². The highest BCUT2D eigenvalue weighted by atomic mass is 32.2. The Hall–Kier alpha value is -1.60. The van der Waals surface area contributed by atoms with E-state index < -0.39 is 31.9 Å². The number of carbonyl (C=O) groups is 2. The Bertz CT molecular complexity index is 734. The van der Waals surface area contributed by atoms with E-state index in [1.54, 1.807) is 7.05 Å². The molecule has 2 saturated heterocycles. The van der Waals surface area contributed by atoms with Crippen LogP contribution >= 0.6 is 0 Å². The Morgan fingerprint density at radius 3 is 1.57 bits per heavy atom. The van der Waals surface area contributed by atoms with Crippen LogP contribution in [0.2, 0.25) is 0 Å². The molecule has 2 N–H and O–H groups in total. The van der Waals surface area contributed by atoms with Crippen LogP contribution < -0.4 is 10.6 Å². The molecule has 2 unspecified atom stereocenters. The summed E-state index contributed by atoms with van der Waals surface area (Å²) in [5.74, 6) is 0.411. The van der Waals surface area contributed by atoms with Gasteiger partial charge in [0.05, 0.1) is 23.0 Å². The summed E-state index contributed by atoms with van der Waals surface area (Å²) >= 11 is 0. The first-order valence-corrected chi connectivity index (χ1v) is 13.6. The van der Waals surface area contributed by atoms with Crippen LogP contribution in [0, 0.1) is 11.8 Å². The van der Waals surface area contributed by atoms with Crippen molar-refractivity contribution < 1.29 is 35.9 Å². The second kappa shape index (κ2) is 11.1. The van der Waals surface area contributed by atoms with Gasteiger partial charge in [-0.3, -0.25) is 4.90 Å². The lowest BCUT2D eigenvalue weighted by molar-refractivity contribution is 0.114. The third-order valence-electron chi connectivity index (χ3n) is 5.14. The number of hydrogen-bond acceptors (Lipinski definition) is 9. The van der Waals surface area contributed by atoms with Gasteiger partial charge in [0.25, 0.3) is 0 Å². The highest BCUT2D eigenvalue weighted by Gasteiger charge is 2.28. The zero-order valence-electron chi connectivity index (χ0n) is 17.2. The molecule has 0 bridgehead atoms. The van der Waals surface area contributed by atoms with Gasteiger partial charge in [0.15, 0.2) is 19.7 Å². The third-order valence-corrected chi connectivity index (χ3v) is 8.81. The van der Waals surface area contributed by atoms with Crippen molar-refractivity contribution in [2.45, 2.75) is 12.8 Å². The summed E-state index contributed by atoms with van der Waals surface area (Å²) in [7, 11) is -4.14. The molecule has 0 aromatic heterocycles. The maximum absolute atomic E-state index is 11.7. The number of sulfone groups is 2. The summed E-state index contributed by atoms with van der Waals surface area (Å²) in [5.41, 5.74) is 0. The molecule has 0 aliphatic carbocycles. The molecule has 2 atom stereocenters. The standard InChI is InChI=1S/C17H31N3O8S2/c1-20(4-6-27-16(21)18-10-14-2-8-29(23,24)12-14)5-7-28-17(22)19-11-15-3-9-30(25,26)13-15/h14-15H,2-13H2,1H3,(H,18,21)(H,19,22). The summed E-state index contributed by atoms with van der Waals surface area (Å²) < 4.78 is 55.6. The largest absolute Gasteiger partial charge is 0.448 e. The zero-order valence-corrected chi connectivity index (χ0v) is 18.8. The van der Waals surface area contributed by atoms with E-state index in [1.165, 1.54) is 0 Å². The van der Waals surface area contributed by atoms with E-state index in [1.807, 2.05) is 4.90 Å². The Morgan fingerprint density at radius 1 is 0.833 bits per heavy atom.